The van der Waals surface area contributed by atoms with Crippen molar-refractivity contribution in [1.29, 1.82) is 0 Å². The van der Waals surface area contributed by atoms with Gasteiger partial charge in [0.1, 0.15) is 29.7 Å². The maximum Gasteiger partial charge on any atom is 0.405 e. The van der Waals surface area contributed by atoms with Gasteiger partial charge in [0.25, 0.3) is 5.91 Å². The summed E-state index contributed by atoms with van der Waals surface area (Å²) in [6.07, 6.45) is -4.72. The minimum Gasteiger partial charge on any atom is -0.486 e. The zero-order valence-electron chi connectivity index (χ0n) is 18.3. The molecule has 0 saturated heterocycles. The molecule has 3 rings (SSSR count). The molecule has 0 bridgehead atoms. The lowest BCUT2D eigenvalue weighted by Gasteiger charge is -2.12. The van der Waals surface area contributed by atoms with Crippen LogP contribution in [0.1, 0.15) is 32.2 Å². The van der Waals surface area contributed by atoms with Crippen molar-refractivity contribution < 1.29 is 31.9 Å². The number of rotatable bonds is 8. The number of amides is 2. The van der Waals surface area contributed by atoms with Crippen LogP contribution in [-0.4, -0.2) is 29.5 Å². The van der Waals surface area contributed by atoms with Crippen LogP contribution in [0.25, 0.3) is 0 Å². The molecule has 1 heterocycles. The molecular weight excluding hydrogens is 474 g/mol. The quantitative estimate of drug-likeness (QED) is 0.434. The molecule has 0 spiro atoms. The molecule has 34 heavy (non-hydrogen) atoms. The highest BCUT2D eigenvalue weighted by Gasteiger charge is 2.28. The van der Waals surface area contributed by atoms with Crippen LogP contribution in [0.2, 0.25) is 0 Å². The molecule has 1 aromatic heterocycles. The predicted octanol–water partition coefficient (Wildman–Crippen LogP) is 4.95. The summed E-state index contributed by atoms with van der Waals surface area (Å²) in [6.45, 7) is 2.03. The highest BCUT2D eigenvalue weighted by Crippen LogP contribution is 2.22. The van der Waals surface area contributed by atoms with E-state index in [1.54, 1.807) is 10.7 Å². The van der Waals surface area contributed by atoms with Gasteiger partial charge in [0.15, 0.2) is 0 Å². The van der Waals surface area contributed by atoms with E-state index >= 15 is 0 Å². The smallest absolute Gasteiger partial charge is 0.405 e. The highest BCUT2D eigenvalue weighted by molar-refractivity contribution is 7.09. The third kappa shape index (κ3) is 7.27. The first-order chi connectivity index (χ1) is 16.0. The van der Waals surface area contributed by atoms with Crippen LogP contribution in [0.3, 0.4) is 0 Å². The van der Waals surface area contributed by atoms with Gasteiger partial charge in [-0.15, -0.1) is 11.3 Å². The zero-order chi connectivity index (χ0) is 24.9. The van der Waals surface area contributed by atoms with Crippen LogP contribution < -0.4 is 15.4 Å². The maximum absolute atomic E-state index is 14.2. The number of halogens is 4. The van der Waals surface area contributed by atoms with Crippen molar-refractivity contribution in [1.82, 2.24) is 10.3 Å². The molecule has 2 aromatic carbocycles. The molecule has 0 fully saturated rings. The zero-order valence-corrected chi connectivity index (χ0v) is 19.1. The molecule has 0 atom stereocenters. The van der Waals surface area contributed by atoms with Gasteiger partial charge in [-0.1, -0.05) is 17.7 Å². The molecule has 0 aliphatic carbocycles. The minimum atomic E-state index is -4.60. The van der Waals surface area contributed by atoms with E-state index in [1.165, 1.54) is 18.3 Å². The average Bonchev–Trinajstić information content (AvgIpc) is 3.21. The van der Waals surface area contributed by atoms with E-state index in [4.69, 9.17) is 4.74 Å². The summed E-state index contributed by atoms with van der Waals surface area (Å²) < 4.78 is 56.9. The summed E-state index contributed by atoms with van der Waals surface area (Å²) in [5, 5.41) is 6.52. The fourth-order valence-electron chi connectivity index (χ4n) is 2.86. The van der Waals surface area contributed by atoms with E-state index in [9.17, 15) is 27.2 Å². The molecule has 0 saturated carbocycles. The van der Waals surface area contributed by atoms with Gasteiger partial charge in [-0.25, -0.2) is 9.37 Å². The molecule has 0 aliphatic rings. The number of aryl methyl sites for hydroxylation is 1. The third-order valence-corrected chi connectivity index (χ3v) is 5.53. The molecule has 0 unspecified atom stereocenters. The molecule has 3 aromatic rings. The van der Waals surface area contributed by atoms with Gasteiger partial charge in [0.2, 0.25) is 5.91 Å². The van der Waals surface area contributed by atoms with E-state index < -0.39 is 30.4 Å². The van der Waals surface area contributed by atoms with Gasteiger partial charge >= 0.3 is 6.18 Å². The van der Waals surface area contributed by atoms with Crippen LogP contribution in [0.4, 0.5) is 23.2 Å². The van der Waals surface area contributed by atoms with Crippen molar-refractivity contribution in [3.05, 3.63) is 75.0 Å². The van der Waals surface area contributed by atoms with E-state index in [1.807, 2.05) is 31.2 Å². The number of nitrogens with zero attached hydrogens (tertiary/aromatic N) is 1. The SMILES string of the molecule is Cc1ccc(OCc2nc(CC(=O)Nc3cc(C(=O)NCC(F)(F)F)cc(F)c3C)cs2)cc1. The summed E-state index contributed by atoms with van der Waals surface area (Å²) >= 11 is 1.32. The number of hydrogen-bond donors (Lipinski definition) is 2. The van der Waals surface area contributed by atoms with Crippen molar-refractivity contribution in [2.24, 2.45) is 0 Å². The lowest BCUT2D eigenvalue weighted by molar-refractivity contribution is -0.123. The molecule has 180 valence electrons. The maximum atomic E-state index is 14.2. The van der Waals surface area contributed by atoms with Crippen LogP contribution in [0, 0.1) is 19.7 Å². The predicted molar refractivity (Wildman–Crippen MR) is 119 cm³/mol. The Morgan fingerprint density at radius 2 is 1.82 bits per heavy atom. The summed E-state index contributed by atoms with van der Waals surface area (Å²) in [5.41, 5.74) is 1.28. The van der Waals surface area contributed by atoms with Gasteiger partial charge in [0, 0.05) is 22.2 Å². The monoisotopic (exact) mass is 495 g/mol. The number of aromatic nitrogens is 1. The number of carbonyl (C=O) groups is 2. The topological polar surface area (TPSA) is 80.3 Å². The number of anilines is 1. The molecule has 6 nitrogen and oxygen atoms in total. The first-order valence-corrected chi connectivity index (χ1v) is 11.0. The largest absolute Gasteiger partial charge is 0.486 e. The molecule has 2 amide bonds. The summed E-state index contributed by atoms with van der Waals surface area (Å²) in [5.74, 6) is -1.77. The second-order valence-corrected chi connectivity index (χ2v) is 8.43. The van der Waals surface area contributed by atoms with Crippen molar-refractivity contribution >= 4 is 28.8 Å². The molecule has 2 N–H and O–H groups in total. The molecule has 0 radical (unpaired) electrons. The summed E-state index contributed by atoms with van der Waals surface area (Å²) in [6, 6.07) is 9.48. The number of ether oxygens (including phenoxy) is 1. The number of nitrogens with one attached hydrogen (secondary N) is 2. The summed E-state index contributed by atoms with van der Waals surface area (Å²) in [4.78, 5) is 28.8. The van der Waals surface area contributed by atoms with Crippen molar-refractivity contribution in [3.8, 4) is 5.75 Å². The number of benzene rings is 2. The number of carbonyl (C=O) groups excluding carboxylic acids is 2. The van der Waals surface area contributed by atoms with E-state index in [2.05, 4.69) is 10.3 Å². The van der Waals surface area contributed by atoms with Crippen molar-refractivity contribution in [3.63, 3.8) is 0 Å². The van der Waals surface area contributed by atoms with Crippen LogP contribution in [-0.2, 0) is 17.8 Å². The lowest BCUT2D eigenvalue weighted by atomic mass is 10.1. The fraction of sp³-hybridized carbons (Fsp3) is 0.261. The van der Waals surface area contributed by atoms with E-state index in [0.29, 0.717) is 16.5 Å². The van der Waals surface area contributed by atoms with Crippen LogP contribution >= 0.6 is 11.3 Å². The van der Waals surface area contributed by atoms with Gasteiger partial charge in [0.05, 0.1) is 12.1 Å². The number of alkyl halides is 3. The van der Waals surface area contributed by atoms with Crippen molar-refractivity contribution in [2.45, 2.75) is 33.1 Å². The second kappa shape index (κ2) is 10.6. The average molecular weight is 495 g/mol. The Hall–Kier alpha value is -3.47. The van der Waals surface area contributed by atoms with Crippen molar-refractivity contribution in [2.75, 3.05) is 11.9 Å². The van der Waals surface area contributed by atoms with Gasteiger partial charge < -0.3 is 15.4 Å². The third-order valence-electron chi connectivity index (χ3n) is 4.65. The Bertz CT molecular complexity index is 1180. The van der Waals surface area contributed by atoms with Crippen LogP contribution in [0.5, 0.6) is 5.75 Å². The van der Waals surface area contributed by atoms with E-state index in [-0.39, 0.29) is 29.8 Å². The Kier molecular flexibility index (Phi) is 7.87. The first kappa shape index (κ1) is 25.2. The van der Waals surface area contributed by atoms with E-state index in [0.717, 1.165) is 17.7 Å². The standard InChI is InChI=1S/C23H21F4N3O3S/c1-13-3-5-17(6-4-13)33-10-21-29-16(11-34-21)9-20(31)30-19-8-15(7-18(24)14(19)2)22(32)28-12-23(25,26)27/h3-8,11H,9-10,12H2,1-2H3,(H,28,32)(H,30,31). The van der Waals surface area contributed by atoms with Crippen LogP contribution in [0.15, 0.2) is 41.8 Å². The Morgan fingerprint density at radius 1 is 1.12 bits per heavy atom. The van der Waals surface area contributed by atoms with Gasteiger partial charge in [-0.3, -0.25) is 9.59 Å². The second-order valence-electron chi connectivity index (χ2n) is 7.49. The molecular formula is C23H21F4N3O3S. The first-order valence-electron chi connectivity index (χ1n) is 10.1. The highest BCUT2D eigenvalue weighted by atomic mass is 32.1. The number of hydrogen-bond acceptors (Lipinski definition) is 5. The Balaban J connectivity index is 1.60. The molecule has 0 aliphatic heterocycles. The molecule has 11 heteroatoms. The lowest BCUT2D eigenvalue weighted by Crippen LogP contribution is -2.33. The normalized spacial score (nSPS) is 11.2. The fourth-order valence-corrected chi connectivity index (χ4v) is 3.56. The van der Waals surface area contributed by atoms with Gasteiger partial charge in [-0.05, 0) is 38.1 Å². The Labute approximate surface area is 197 Å². The Morgan fingerprint density at radius 3 is 2.50 bits per heavy atom. The number of thiazole rings is 1. The summed E-state index contributed by atoms with van der Waals surface area (Å²) in [7, 11) is 0. The van der Waals surface area contributed by atoms with Gasteiger partial charge in [-0.2, -0.15) is 13.2 Å². The minimum absolute atomic E-state index is 0.0136.